The molecule has 0 atom stereocenters. The lowest BCUT2D eigenvalue weighted by Crippen LogP contribution is -2.11. The first-order valence-electron chi connectivity index (χ1n) is 7.78. The van der Waals surface area contributed by atoms with Crippen molar-refractivity contribution in [3.63, 3.8) is 0 Å². The zero-order valence-corrected chi connectivity index (χ0v) is 13.4. The second-order valence-corrected chi connectivity index (χ2v) is 5.40. The van der Waals surface area contributed by atoms with Crippen LogP contribution in [0.5, 0.6) is 11.6 Å². The van der Waals surface area contributed by atoms with Gasteiger partial charge in [0.05, 0.1) is 11.9 Å². The quantitative estimate of drug-likeness (QED) is 0.744. The number of hydrogen-bond donors (Lipinski definition) is 1. The Morgan fingerprint density at radius 2 is 2.09 bits per heavy atom. The standard InChI is InChI=1S/C18H21FN2O2/c1-3-4-5-6-17(22)21-14-7-10-18(20-12-14)23-15-8-9-16(19)13(2)11-15/h7-12H,3-6H2,1-2H3,(H,21,22). The van der Waals surface area contributed by atoms with Crippen LogP contribution in [0.3, 0.4) is 0 Å². The lowest BCUT2D eigenvalue weighted by molar-refractivity contribution is -0.116. The highest BCUT2D eigenvalue weighted by Gasteiger charge is 2.05. The molecule has 1 aromatic heterocycles. The average molecular weight is 316 g/mol. The van der Waals surface area contributed by atoms with Crippen molar-refractivity contribution in [2.24, 2.45) is 0 Å². The Balaban J connectivity index is 1.91. The summed E-state index contributed by atoms with van der Waals surface area (Å²) in [5.41, 5.74) is 1.15. The number of nitrogens with zero attached hydrogens (tertiary/aromatic N) is 1. The minimum absolute atomic E-state index is 0.0110. The first kappa shape index (κ1) is 16.9. The summed E-state index contributed by atoms with van der Waals surface area (Å²) in [6.45, 7) is 3.77. The number of halogens is 1. The number of rotatable bonds is 7. The summed E-state index contributed by atoms with van der Waals surface area (Å²) >= 11 is 0. The second kappa shape index (κ2) is 8.27. The molecular formula is C18H21FN2O2. The van der Waals surface area contributed by atoms with E-state index in [0.717, 1.165) is 19.3 Å². The molecule has 0 bridgehead atoms. The van der Waals surface area contributed by atoms with Crippen molar-refractivity contribution in [1.82, 2.24) is 4.98 Å². The largest absolute Gasteiger partial charge is 0.439 e. The van der Waals surface area contributed by atoms with Gasteiger partial charge in [-0.05, 0) is 43.2 Å². The van der Waals surface area contributed by atoms with Crippen LogP contribution in [-0.2, 0) is 4.79 Å². The zero-order valence-electron chi connectivity index (χ0n) is 13.4. The van der Waals surface area contributed by atoms with Crippen molar-refractivity contribution in [3.8, 4) is 11.6 Å². The minimum Gasteiger partial charge on any atom is -0.439 e. The Labute approximate surface area is 135 Å². The smallest absolute Gasteiger partial charge is 0.224 e. The summed E-state index contributed by atoms with van der Waals surface area (Å²) in [4.78, 5) is 15.9. The number of nitrogens with one attached hydrogen (secondary N) is 1. The van der Waals surface area contributed by atoms with Gasteiger partial charge in [-0.25, -0.2) is 9.37 Å². The number of benzene rings is 1. The number of anilines is 1. The number of carbonyl (C=O) groups is 1. The Hall–Kier alpha value is -2.43. The lowest BCUT2D eigenvalue weighted by atomic mass is 10.2. The highest BCUT2D eigenvalue weighted by atomic mass is 19.1. The maximum absolute atomic E-state index is 13.2. The van der Waals surface area contributed by atoms with E-state index in [1.165, 1.54) is 6.07 Å². The molecule has 0 saturated carbocycles. The van der Waals surface area contributed by atoms with Gasteiger partial charge in [-0.15, -0.1) is 0 Å². The average Bonchev–Trinajstić information content (AvgIpc) is 2.53. The fraction of sp³-hybridized carbons (Fsp3) is 0.333. The van der Waals surface area contributed by atoms with Crippen LogP contribution in [0.25, 0.3) is 0 Å². The van der Waals surface area contributed by atoms with E-state index in [1.54, 1.807) is 37.4 Å². The predicted octanol–water partition coefficient (Wildman–Crippen LogP) is 4.84. The van der Waals surface area contributed by atoms with Crippen molar-refractivity contribution < 1.29 is 13.9 Å². The van der Waals surface area contributed by atoms with Crippen LogP contribution in [-0.4, -0.2) is 10.9 Å². The number of aryl methyl sites for hydroxylation is 1. The van der Waals surface area contributed by atoms with Crippen LogP contribution >= 0.6 is 0 Å². The summed E-state index contributed by atoms with van der Waals surface area (Å²) in [6, 6.07) is 7.92. The topological polar surface area (TPSA) is 51.2 Å². The monoisotopic (exact) mass is 316 g/mol. The van der Waals surface area contributed by atoms with E-state index in [0.29, 0.717) is 29.3 Å². The number of hydrogen-bond acceptors (Lipinski definition) is 3. The molecule has 23 heavy (non-hydrogen) atoms. The molecule has 1 heterocycles. The molecule has 0 unspecified atom stereocenters. The molecule has 5 heteroatoms. The van der Waals surface area contributed by atoms with Crippen molar-refractivity contribution in [1.29, 1.82) is 0 Å². The molecule has 1 aromatic carbocycles. The van der Waals surface area contributed by atoms with Crippen LogP contribution in [0.4, 0.5) is 10.1 Å². The third-order valence-electron chi connectivity index (χ3n) is 3.38. The Kier molecular flexibility index (Phi) is 6.09. The van der Waals surface area contributed by atoms with Gasteiger partial charge in [0.15, 0.2) is 0 Å². The molecule has 1 N–H and O–H groups in total. The van der Waals surface area contributed by atoms with Crippen LogP contribution in [0.2, 0.25) is 0 Å². The second-order valence-electron chi connectivity index (χ2n) is 5.40. The van der Waals surface area contributed by atoms with E-state index in [9.17, 15) is 9.18 Å². The number of carbonyl (C=O) groups excluding carboxylic acids is 1. The van der Waals surface area contributed by atoms with Crippen LogP contribution in [0.15, 0.2) is 36.5 Å². The van der Waals surface area contributed by atoms with E-state index in [4.69, 9.17) is 4.74 Å². The molecule has 0 spiro atoms. The molecule has 0 radical (unpaired) electrons. The zero-order chi connectivity index (χ0) is 16.7. The normalized spacial score (nSPS) is 10.4. The van der Waals surface area contributed by atoms with Crippen LogP contribution < -0.4 is 10.1 Å². The number of pyridine rings is 1. The Bertz CT molecular complexity index is 657. The molecule has 2 aromatic rings. The van der Waals surface area contributed by atoms with Gasteiger partial charge in [0.2, 0.25) is 11.8 Å². The number of aromatic nitrogens is 1. The van der Waals surface area contributed by atoms with E-state index in [-0.39, 0.29) is 11.7 Å². The van der Waals surface area contributed by atoms with Gasteiger partial charge >= 0.3 is 0 Å². The summed E-state index contributed by atoms with van der Waals surface area (Å²) in [5, 5.41) is 2.80. The third-order valence-corrected chi connectivity index (χ3v) is 3.38. The van der Waals surface area contributed by atoms with Gasteiger partial charge in [-0.1, -0.05) is 19.8 Å². The minimum atomic E-state index is -0.272. The Morgan fingerprint density at radius 1 is 1.26 bits per heavy atom. The fourth-order valence-corrected chi connectivity index (χ4v) is 2.08. The van der Waals surface area contributed by atoms with E-state index >= 15 is 0 Å². The summed E-state index contributed by atoms with van der Waals surface area (Å²) < 4.78 is 18.8. The number of amides is 1. The predicted molar refractivity (Wildman–Crippen MR) is 88.2 cm³/mol. The van der Waals surface area contributed by atoms with E-state index < -0.39 is 0 Å². The molecule has 1 amide bonds. The molecule has 0 aliphatic rings. The van der Waals surface area contributed by atoms with Gasteiger partial charge in [-0.3, -0.25) is 4.79 Å². The summed E-state index contributed by atoms with van der Waals surface area (Å²) in [7, 11) is 0. The van der Waals surface area contributed by atoms with Gasteiger partial charge in [-0.2, -0.15) is 0 Å². The fourth-order valence-electron chi connectivity index (χ4n) is 2.08. The number of unbranched alkanes of at least 4 members (excludes halogenated alkanes) is 2. The maximum atomic E-state index is 13.2. The molecule has 2 rings (SSSR count). The Morgan fingerprint density at radius 3 is 2.74 bits per heavy atom. The van der Waals surface area contributed by atoms with Crippen molar-refractivity contribution >= 4 is 11.6 Å². The maximum Gasteiger partial charge on any atom is 0.224 e. The van der Waals surface area contributed by atoms with Gasteiger partial charge in [0.25, 0.3) is 0 Å². The molecular weight excluding hydrogens is 295 g/mol. The molecule has 0 fully saturated rings. The molecule has 0 saturated heterocycles. The van der Waals surface area contributed by atoms with Gasteiger partial charge < -0.3 is 10.1 Å². The molecule has 4 nitrogen and oxygen atoms in total. The number of ether oxygens (including phenoxy) is 1. The third kappa shape index (κ3) is 5.36. The summed E-state index contributed by atoms with van der Waals surface area (Å²) in [5.74, 6) is 0.627. The van der Waals surface area contributed by atoms with E-state index in [2.05, 4.69) is 17.2 Å². The molecule has 0 aliphatic heterocycles. The van der Waals surface area contributed by atoms with Crippen LogP contribution in [0.1, 0.15) is 38.2 Å². The van der Waals surface area contributed by atoms with Crippen molar-refractivity contribution in [3.05, 3.63) is 47.9 Å². The SMILES string of the molecule is CCCCCC(=O)Nc1ccc(Oc2ccc(F)c(C)c2)nc1. The van der Waals surface area contributed by atoms with Crippen LogP contribution in [0, 0.1) is 12.7 Å². The lowest BCUT2D eigenvalue weighted by Gasteiger charge is -2.08. The highest BCUT2D eigenvalue weighted by Crippen LogP contribution is 2.22. The van der Waals surface area contributed by atoms with Crippen molar-refractivity contribution in [2.75, 3.05) is 5.32 Å². The molecule has 122 valence electrons. The van der Waals surface area contributed by atoms with Crippen molar-refractivity contribution in [2.45, 2.75) is 39.5 Å². The van der Waals surface area contributed by atoms with E-state index in [1.807, 2.05) is 0 Å². The first-order valence-corrected chi connectivity index (χ1v) is 7.78. The molecule has 0 aliphatic carbocycles. The summed E-state index contributed by atoms with van der Waals surface area (Å²) in [6.07, 6.45) is 5.09. The first-order chi connectivity index (χ1) is 11.1. The highest BCUT2D eigenvalue weighted by molar-refractivity contribution is 5.90. The van der Waals surface area contributed by atoms with Gasteiger partial charge in [0.1, 0.15) is 11.6 Å². The van der Waals surface area contributed by atoms with Gasteiger partial charge in [0, 0.05) is 12.5 Å².